The third-order valence-electron chi connectivity index (χ3n) is 6.13. The van der Waals surface area contributed by atoms with Gasteiger partial charge in [-0.25, -0.2) is 8.42 Å². The second kappa shape index (κ2) is 9.85. The van der Waals surface area contributed by atoms with Gasteiger partial charge in [0.05, 0.1) is 22.2 Å². The predicted molar refractivity (Wildman–Crippen MR) is 135 cm³/mol. The van der Waals surface area contributed by atoms with Gasteiger partial charge in [-0.1, -0.05) is 23.5 Å². The zero-order valence-electron chi connectivity index (χ0n) is 19.7. The van der Waals surface area contributed by atoms with Crippen molar-refractivity contribution in [3.8, 4) is 5.75 Å². The standard InChI is InChI=1S/C25H29N3O4S2/c1-5-12-28-22-16-17(2)15-18(3)23(22)33-25(28)26-24(29)19-10-13-27(14-11-19)34(30,31)21-8-6-20(32-4)7-9-21/h5-9,15-16,19H,1,10-14H2,2-4H3. The number of thiazole rings is 1. The first-order valence-electron chi connectivity index (χ1n) is 11.2. The van der Waals surface area contributed by atoms with Crippen LogP contribution in [0.4, 0.5) is 0 Å². The van der Waals surface area contributed by atoms with Gasteiger partial charge in [-0.2, -0.15) is 9.30 Å². The van der Waals surface area contributed by atoms with E-state index in [2.05, 4.69) is 37.6 Å². The number of nitrogens with zero attached hydrogens (tertiary/aromatic N) is 3. The highest BCUT2D eigenvalue weighted by Gasteiger charge is 2.32. The van der Waals surface area contributed by atoms with Crippen molar-refractivity contribution in [1.29, 1.82) is 0 Å². The quantitative estimate of drug-likeness (QED) is 0.480. The Labute approximate surface area is 204 Å². The maximum absolute atomic E-state index is 13.1. The van der Waals surface area contributed by atoms with Gasteiger partial charge in [0.2, 0.25) is 10.0 Å². The number of piperidine rings is 1. The normalized spacial score (nSPS) is 16.1. The number of fused-ring (bicyclic) bond motifs is 1. The summed E-state index contributed by atoms with van der Waals surface area (Å²) in [4.78, 5) is 18.4. The Morgan fingerprint density at radius 1 is 1.21 bits per heavy atom. The summed E-state index contributed by atoms with van der Waals surface area (Å²) in [5.41, 5.74) is 3.36. The average Bonchev–Trinajstić information content (AvgIpc) is 3.16. The molecular weight excluding hydrogens is 470 g/mol. The number of hydrogen-bond acceptors (Lipinski definition) is 5. The van der Waals surface area contributed by atoms with E-state index in [9.17, 15) is 13.2 Å². The molecule has 0 unspecified atom stereocenters. The zero-order chi connectivity index (χ0) is 24.5. The minimum absolute atomic E-state index is 0.194. The molecule has 0 saturated carbocycles. The number of sulfonamides is 1. The largest absolute Gasteiger partial charge is 0.497 e. The second-order valence-corrected chi connectivity index (χ2v) is 11.4. The van der Waals surface area contributed by atoms with Gasteiger partial charge in [0.1, 0.15) is 5.75 Å². The third-order valence-corrected chi connectivity index (χ3v) is 9.27. The van der Waals surface area contributed by atoms with Crippen molar-refractivity contribution < 1.29 is 17.9 Å². The smallest absolute Gasteiger partial charge is 0.251 e. The highest BCUT2D eigenvalue weighted by atomic mass is 32.2. The van der Waals surface area contributed by atoms with Crippen LogP contribution in [0.2, 0.25) is 0 Å². The highest BCUT2D eigenvalue weighted by Crippen LogP contribution is 2.27. The molecule has 0 aliphatic carbocycles. The third kappa shape index (κ3) is 4.73. The minimum atomic E-state index is -3.61. The molecule has 1 aliphatic rings. The molecule has 1 saturated heterocycles. The van der Waals surface area contributed by atoms with Gasteiger partial charge in [0.25, 0.3) is 5.91 Å². The Morgan fingerprint density at radius 3 is 2.50 bits per heavy atom. The number of methoxy groups -OCH3 is 1. The number of amides is 1. The molecule has 0 N–H and O–H groups in total. The fourth-order valence-electron chi connectivity index (χ4n) is 4.33. The van der Waals surface area contributed by atoms with Gasteiger partial charge in [0, 0.05) is 25.6 Å². The lowest BCUT2D eigenvalue weighted by Crippen LogP contribution is -2.40. The molecule has 1 fully saturated rings. The summed E-state index contributed by atoms with van der Waals surface area (Å²) in [6.07, 6.45) is 2.69. The van der Waals surface area contributed by atoms with Crippen LogP contribution >= 0.6 is 11.3 Å². The molecule has 3 aromatic rings. The molecule has 0 spiro atoms. The van der Waals surface area contributed by atoms with Crippen LogP contribution in [0, 0.1) is 19.8 Å². The van der Waals surface area contributed by atoms with Crippen molar-refractivity contribution >= 4 is 37.5 Å². The first kappa shape index (κ1) is 24.4. The Bertz CT molecular complexity index is 1390. The van der Waals surface area contributed by atoms with Crippen LogP contribution in [0.15, 0.2) is 58.9 Å². The SMILES string of the molecule is C=CCn1c(=NC(=O)C2CCN(S(=O)(=O)c3ccc(OC)cc3)CC2)sc2c(C)cc(C)cc21. The number of ether oxygens (including phenoxy) is 1. The number of benzene rings is 2. The molecule has 7 nitrogen and oxygen atoms in total. The van der Waals surface area contributed by atoms with Gasteiger partial charge < -0.3 is 9.30 Å². The molecule has 1 amide bonds. The van der Waals surface area contributed by atoms with Crippen molar-refractivity contribution in [3.05, 3.63) is 65.0 Å². The Morgan fingerprint density at radius 2 is 1.88 bits per heavy atom. The number of allylic oxidation sites excluding steroid dienone is 1. The summed E-state index contributed by atoms with van der Waals surface area (Å²) >= 11 is 1.51. The lowest BCUT2D eigenvalue weighted by Gasteiger charge is -2.29. The maximum atomic E-state index is 13.1. The Hall–Kier alpha value is -2.75. The van der Waals surface area contributed by atoms with Crippen LogP contribution in [0.1, 0.15) is 24.0 Å². The van der Waals surface area contributed by atoms with Gasteiger partial charge in [-0.3, -0.25) is 4.79 Å². The van der Waals surface area contributed by atoms with E-state index in [4.69, 9.17) is 4.74 Å². The number of aryl methyl sites for hydroxylation is 2. The number of aromatic nitrogens is 1. The van der Waals surface area contributed by atoms with E-state index in [0.29, 0.717) is 29.9 Å². The lowest BCUT2D eigenvalue weighted by molar-refractivity contribution is -0.122. The number of hydrogen-bond donors (Lipinski definition) is 0. The molecule has 0 radical (unpaired) electrons. The summed E-state index contributed by atoms with van der Waals surface area (Å²) in [7, 11) is -2.07. The van der Waals surface area contributed by atoms with Crippen molar-refractivity contribution in [3.63, 3.8) is 0 Å². The van der Waals surface area contributed by atoms with E-state index in [-0.39, 0.29) is 29.8 Å². The molecule has 1 aromatic heterocycles. The summed E-state index contributed by atoms with van der Waals surface area (Å²) < 4.78 is 35.7. The molecule has 2 aromatic carbocycles. The van der Waals surface area contributed by atoms with Crippen LogP contribution in [-0.4, -0.2) is 43.4 Å². The minimum Gasteiger partial charge on any atom is -0.497 e. The van der Waals surface area contributed by atoms with Crippen LogP contribution in [0.3, 0.4) is 0 Å². The number of carbonyl (C=O) groups excluding carboxylic acids is 1. The van der Waals surface area contributed by atoms with E-state index >= 15 is 0 Å². The summed E-state index contributed by atoms with van der Waals surface area (Å²) in [6, 6.07) is 10.6. The predicted octanol–water partition coefficient (Wildman–Crippen LogP) is 4.04. The topological polar surface area (TPSA) is 81.0 Å². The molecule has 1 aliphatic heterocycles. The molecule has 180 valence electrons. The van der Waals surface area contributed by atoms with Gasteiger partial charge in [0.15, 0.2) is 4.80 Å². The molecule has 0 atom stereocenters. The Balaban J connectivity index is 1.54. The monoisotopic (exact) mass is 499 g/mol. The van der Waals surface area contributed by atoms with Crippen molar-refractivity contribution in [2.24, 2.45) is 10.9 Å². The van der Waals surface area contributed by atoms with Crippen molar-refractivity contribution in [2.45, 2.75) is 38.1 Å². The summed E-state index contributed by atoms with van der Waals surface area (Å²) in [5, 5.41) is 0. The molecular formula is C25H29N3O4S2. The maximum Gasteiger partial charge on any atom is 0.251 e. The molecule has 9 heteroatoms. The van der Waals surface area contributed by atoms with Gasteiger partial charge in [-0.05, 0) is 68.1 Å². The van der Waals surface area contributed by atoms with Crippen LogP contribution < -0.4 is 9.54 Å². The molecule has 0 bridgehead atoms. The lowest BCUT2D eigenvalue weighted by atomic mass is 9.98. The van der Waals surface area contributed by atoms with Gasteiger partial charge in [-0.15, -0.1) is 6.58 Å². The first-order valence-corrected chi connectivity index (χ1v) is 13.4. The summed E-state index contributed by atoms with van der Waals surface area (Å²) in [6.45, 7) is 9.11. The van der Waals surface area contributed by atoms with Crippen molar-refractivity contribution in [2.75, 3.05) is 20.2 Å². The number of rotatable bonds is 6. The highest BCUT2D eigenvalue weighted by molar-refractivity contribution is 7.89. The van der Waals surface area contributed by atoms with Crippen LogP contribution in [-0.2, 0) is 21.4 Å². The van der Waals surface area contributed by atoms with E-state index in [1.165, 1.54) is 22.8 Å². The molecule has 2 heterocycles. The van der Waals surface area contributed by atoms with Crippen LogP contribution in [0.25, 0.3) is 10.2 Å². The van der Waals surface area contributed by atoms with Crippen molar-refractivity contribution in [1.82, 2.24) is 8.87 Å². The fourth-order valence-corrected chi connectivity index (χ4v) is 6.89. The fraction of sp³-hybridized carbons (Fsp3) is 0.360. The van der Waals surface area contributed by atoms with E-state index in [0.717, 1.165) is 21.3 Å². The van der Waals surface area contributed by atoms with E-state index in [1.54, 1.807) is 30.3 Å². The average molecular weight is 500 g/mol. The second-order valence-electron chi connectivity index (χ2n) is 8.52. The van der Waals surface area contributed by atoms with Gasteiger partial charge >= 0.3 is 0 Å². The molecule has 4 rings (SSSR count). The molecule has 34 heavy (non-hydrogen) atoms. The Kier molecular flexibility index (Phi) is 7.06. The first-order chi connectivity index (χ1) is 16.2. The number of carbonyl (C=O) groups is 1. The van der Waals surface area contributed by atoms with Crippen LogP contribution in [0.5, 0.6) is 5.75 Å². The summed E-state index contributed by atoms with van der Waals surface area (Å²) in [5.74, 6) is 0.109. The van der Waals surface area contributed by atoms with E-state index < -0.39 is 10.0 Å². The van der Waals surface area contributed by atoms with E-state index in [1.807, 2.05) is 4.57 Å². The zero-order valence-corrected chi connectivity index (χ0v) is 21.3.